The summed E-state index contributed by atoms with van der Waals surface area (Å²) >= 11 is 0. The summed E-state index contributed by atoms with van der Waals surface area (Å²) in [7, 11) is 0. The van der Waals surface area contributed by atoms with E-state index in [4.69, 9.17) is 9.47 Å². The molecule has 1 fully saturated rings. The molecule has 1 amide bonds. The van der Waals surface area contributed by atoms with Crippen LogP contribution in [-0.4, -0.2) is 45.4 Å². The van der Waals surface area contributed by atoms with Crippen LogP contribution in [0.2, 0.25) is 0 Å². The smallest absolute Gasteiger partial charge is 0.279 e. The molecular formula is C14H21N2O3+. The van der Waals surface area contributed by atoms with Gasteiger partial charge < -0.3 is 19.7 Å². The molecule has 1 saturated heterocycles. The number of hydrogen-bond donors (Lipinski definition) is 2. The third-order valence-corrected chi connectivity index (χ3v) is 3.06. The number of rotatable bonds is 5. The first-order valence-corrected chi connectivity index (χ1v) is 6.72. The fraction of sp³-hybridized carbons (Fsp3) is 0.500. The summed E-state index contributed by atoms with van der Waals surface area (Å²) in [4.78, 5) is 13.2. The Labute approximate surface area is 113 Å². The zero-order valence-corrected chi connectivity index (χ0v) is 11.3. The van der Waals surface area contributed by atoms with Crippen LogP contribution in [0.5, 0.6) is 5.75 Å². The lowest BCUT2D eigenvalue weighted by Crippen LogP contribution is -3.15. The lowest BCUT2D eigenvalue weighted by atomic mass is 10.3. The average molecular weight is 265 g/mol. The molecule has 0 bridgehead atoms. The van der Waals surface area contributed by atoms with E-state index in [1.807, 2.05) is 31.2 Å². The number of carbonyl (C=O) groups is 1. The number of anilines is 1. The highest BCUT2D eigenvalue weighted by Crippen LogP contribution is 2.15. The molecular weight excluding hydrogens is 244 g/mol. The molecule has 0 aromatic heterocycles. The van der Waals surface area contributed by atoms with E-state index in [1.54, 1.807) is 0 Å². The summed E-state index contributed by atoms with van der Waals surface area (Å²) in [6, 6.07) is 7.44. The Morgan fingerprint density at radius 2 is 2.00 bits per heavy atom. The zero-order valence-electron chi connectivity index (χ0n) is 11.3. The molecule has 1 aromatic carbocycles. The molecule has 5 heteroatoms. The minimum atomic E-state index is 0.0426. The molecule has 0 aliphatic carbocycles. The van der Waals surface area contributed by atoms with Crippen molar-refractivity contribution in [2.24, 2.45) is 0 Å². The van der Waals surface area contributed by atoms with Crippen LogP contribution in [0, 0.1) is 0 Å². The van der Waals surface area contributed by atoms with E-state index < -0.39 is 0 Å². The first-order valence-electron chi connectivity index (χ1n) is 6.72. The SMILES string of the molecule is CCOc1ccc(NC(=O)C[NH+]2CCOCC2)cc1. The maximum Gasteiger partial charge on any atom is 0.279 e. The number of ether oxygens (including phenoxy) is 2. The molecule has 0 radical (unpaired) electrons. The second kappa shape index (κ2) is 7.11. The normalized spacial score (nSPS) is 16.1. The molecule has 104 valence electrons. The Morgan fingerprint density at radius 3 is 2.63 bits per heavy atom. The van der Waals surface area contributed by atoms with Crippen molar-refractivity contribution < 1.29 is 19.2 Å². The first-order chi connectivity index (χ1) is 9.28. The molecule has 1 aliphatic heterocycles. The van der Waals surface area contributed by atoms with Crippen LogP contribution in [-0.2, 0) is 9.53 Å². The number of hydrogen-bond acceptors (Lipinski definition) is 3. The monoisotopic (exact) mass is 265 g/mol. The van der Waals surface area contributed by atoms with Gasteiger partial charge in [-0.05, 0) is 31.2 Å². The van der Waals surface area contributed by atoms with Crippen LogP contribution in [0.3, 0.4) is 0 Å². The first kappa shape index (κ1) is 13.8. The Bertz CT molecular complexity index is 400. The summed E-state index contributed by atoms with van der Waals surface area (Å²) in [5, 5.41) is 2.90. The van der Waals surface area contributed by atoms with Gasteiger partial charge in [-0.2, -0.15) is 0 Å². The van der Waals surface area contributed by atoms with Crippen molar-refractivity contribution in [1.29, 1.82) is 0 Å². The summed E-state index contributed by atoms with van der Waals surface area (Å²) in [6.45, 7) is 6.37. The van der Waals surface area contributed by atoms with Gasteiger partial charge >= 0.3 is 0 Å². The van der Waals surface area contributed by atoms with E-state index in [0.717, 1.165) is 37.7 Å². The predicted octanol–water partition coefficient (Wildman–Crippen LogP) is -0.0611. The van der Waals surface area contributed by atoms with Gasteiger partial charge in [-0.15, -0.1) is 0 Å². The molecule has 19 heavy (non-hydrogen) atoms. The van der Waals surface area contributed by atoms with E-state index in [2.05, 4.69) is 5.32 Å². The van der Waals surface area contributed by atoms with Gasteiger partial charge in [0.25, 0.3) is 5.91 Å². The van der Waals surface area contributed by atoms with Crippen molar-refractivity contribution in [3.05, 3.63) is 24.3 Å². The lowest BCUT2D eigenvalue weighted by Gasteiger charge is -2.23. The van der Waals surface area contributed by atoms with E-state index in [-0.39, 0.29) is 5.91 Å². The van der Waals surface area contributed by atoms with Crippen molar-refractivity contribution in [2.45, 2.75) is 6.92 Å². The third kappa shape index (κ3) is 4.54. The van der Waals surface area contributed by atoms with Gasteiger partial charge in [-0.1, -0.05) is 0 Å². The van der Waals surface area contributed by atoms with Crippen LogP contribution >= 0.6 is 0 Å². The van der Waals surface area contributed by atoms with Crippen LogP contribution in [0.1, 0.15) is 6.92 Å². The van der Waals surface area contributed by atoms with Crippen molar-refractivity contribution in [2.75, 3.05) is 44.8 Å². The number of morpholine rings is 1. The van der Waals surface area contributed by atoms with E-state index in [1.165, 1.54) is 4.90 Å². The minimum Gasteiger partial charge on any atom is -0.494 e. The molecule has 1 aliphatic rings. The molecule has 0 saturated carbocycles. The Balaban J connectivity index is 1.80. The van der Waals surface area contributed by atoms with Gasteiger partial charge in [0.2, 0.25) is 0 Å². The topological polar surface area (TPSA) is 52.0 Å². The highest BCUT2D eigenvalue weighted by atomic mass is 16.5. The maximum absolute atomic E-state index is 11.9. The highest BCUT2D eigenvalue weighted by molar-refractivity contribution is 5.91. The van der Waals surface area contributed by atoms with Crippen molar-refractivity contribution >= 4 is 11.6 Å². The van der Waals surface area contributed by atoms with Crippen molar-refractivity contribution in [3.8, 4) is 5.75 Å². The lowest BCUT2D eigenvalue weighted by molar-refractivity contribution is -0.899. The standard InChI is InChI=1S/C14H20N2O3/c1-2-19-13-5-3-12(4-6-13)15-14(17)11-16-7-9-18-10-8-16/h3-6H,2,7-11H2,1H3,(H,15,17)/p+1. The predicted molar refractivity (Wildman–Crippen MR) is 72.6 cm³/mol. The van der Waals surface area contributed by atoms with E-state index in [9.17, 15) is 4.79 Å². The van der Waals surface area contributed by atoms with Crippen LogP contribution in [0.4, 0.5) is 5.69 Å². The van der Waals surface area contributed by atoms with Gasteiger partial charge in [0.15, 0.2) is 6.54 Å². The van der Waals surface area contributed by atoms with Crippen molar-refractivity contribution in [1.82, 2.24) is 0 Å². The zero-order chi connectivity index (χ0) is 13.5. The van der Waals surface area contributed by atoms with Crippen LogP contribution < -0.4 is 15.0 Å². The molecule has 1 aromatic rings. The minimum absolute atomic E-state index is 0.0426. The molecule has 2 N–H and O–H groups in total. The fourth-order valence-corrected chi connectivity index (χ4v) is 2.07. The Morgan fingerprint density at radius 1 is 1.32 bits per heavy atom. The summed E-state index contributed by atoms with van der Waals surface area (Å²) in [5.74, 6) is 0.861. The maximum atomic E-state index is 11.9. The largest absolute Gasteiger partial charge is 0.494 e. The van der Waals surface area contributed by atoms with Crippen LogP contribution in [0.25, 0.3) is 0 Å². The van der Waals surface area contributed by atoms with E-state index in [0.29, 0.717) is 13.2 Å². The van der Waals surface area contributed by atoms with Gasteiger partial charge in [0, 0.05) is 5.69 Å². The number of carbonyl (C=O) groups excluding carboxylic acids is 1. The fourth-order valence-electron chi connectivity index (χ4n) is 2.07. The summed E-state index contributed by atoms with van der Waals surface area (Å²) < 4.78 is 10.6. The number of amides is 1. The highest BCUT2D eigenvalue weighted by Gasteiger charge is 2.17. The Hall–Kier alpha value is -1.59. The molecule has 5 nitrogen and oxygen atoms in total. The number of nitrogens with one attached hydrogen (secondary N) is 2. The molecule has 0 atom stereocenters. The van der Waals surface area contributed by atoms with Crippen molar-refractivity contribution in [3.63, 3.8) is 0 Å². The second-order valence-corrected chi connectivity index (χ2v) is 4.54. The molecule has 1 heterocycles. The average Bonchev–Trinajstić information content (AvgIpc) is 2.42. The van der Waals surface area contributed by atoms with E-state index >= 15 is 0 Å². The summed E-state index contributed by atoms with van der Waals surface area (Å²) in [6.07, 6.45) is 0. The molecule has 0 spiro atoms. The van der Waals surface area contributed by atoms with Gasteiger partial charge in [0.1, 0.15) is 18.8 Å². The second-order valence-electron chi connectivity index (χ2n) is 4.54. The molecule has 2 rings (SSSR count). The number of benzene rings is 1. The third-order valence-electron chi connectivity index (χ3n) is 3.06. The van der Waals surface area contributed by atoms with Gasteiger partial charge in [0.05, 0.1) is 19.8 Å². The Kier molecular flexibility index (Phi) is 5.18. The van der Waals surface area contributed by atoms with Gasteiger partial charge in [-0.25, -0.2) is 0 Å². The molecule has 0 unspecified atom stereocenters. The van der Waals surface area contributed by atoms with Crippen LogP contribution in [0.15, 0.2) is 24.3 Å². The quantitative estimate of drug-likeness (QED) is 0.784. The van der Waals surface area contributed by atoms with Gasteiger partial charge in [-0.3, -0.25) is 4.79 Å². The number of quaternary nitrogens is 1. The summed E-state index contributed by atoms with van der Waals surface area (Å²) in [5.41, 5.74) is 0.807.